The summed E-state index contributed by atoms with van der Waals surface area (Å²) in [4.78, 5) is 14.0. The Hall–Kier alpha value is -2.81. The predicted octanol–water partition coefficient (Wildman–Crippen LogP) is 7.12. The second-order valence-electron chi connectivity index (χ2n) is 10.4. The summed E-state index contributed by atoms with van der Waals surface area (Å²) in [5.74, 6) is 1.33. The van der Waals surface area contributed by atoms with Crippen LogP contribution in [0.3, 0.4) is 0 Å². The van der Waals surface area contributed by atoms with E-state index in [1.165, 1.54) is 62.5 Å². The van der Waals surface area contributed by atoms with Gasteiger partial charge in [0.15, 0.2) is 0 Å². The first kappa shape index (κ1) is 20.8. The Bertz CT molecular complexity index is 1150. The van der Waals surface area contributed by atoms with Gasteiger partial charge in [-0.25, -0.2) is 0 Å². The van der Waals surface area contributed by atoms with Crippen LogP contribution in [-0.2, 0) is 10.2 Å². The van der Waals surface area contributed by atoms with Crippen LogP contribution in [0, 0.1) is 5.92 Å². The van der Waals surface area contributed by atoms with E-state index in [2.05, 4.69) is 35.7 Å². The number of benzene rings is 2. The Morgan fingerprint density at radius 2 is 1.61 bits per heavy atom. The van der Waals surface area contributed by atoms with Gasteiger partial charge >= 0.3 is 0 Å². The minimum atomic E-state index is -0.965. The van der Waals surface area contributed by atoms with Crippen LogP contribution >= 0.6 is 0 Å². The highest BCUT2D eigenvalue weighted by atomic mass is 16.3. The molecule has 0 spiro atoms. The molecule has 2 aromatic rings. The number of hydrogen-bond acceptors (Lipinski definition) is 2. The summed E-state index contributed by atoms with van der Waals surface area (Å²) in [6.45, 7) is 0. The van der Waals surface area contributed by atoms with Gasteiger partial charge in [-0.1, -0.05) is 68.2 Å². The largest absolute Gasteiger partial charge is 0.508 e. The lowest BCUT2D eigenvalue weighted by molar-refractivity contribution is -0.118. The Morgan fingerprint density at radius 1 is 0.879 bits per heavy atom. The topological polar surface area (TPSA) is 49.3 Å². The Morgan fingerprint density at radius 3 is 2.39 bits per heavy atom. The maximum atomic E-state index is 14.0. The number of carbonyl (C=O) groups is 1. The fourth-order valence-corrected chi connectivity index (χ4v) is 6.95. The van der Waals surface area contributed by atoms with E-state index < -0.39 is 5.41 Å². The predicted molar refractivity (Wildman–Crippen MR) is 133 cm³/mol. The van der Waals surface area contributed by atoms with E-state index in [0.717, 1.165) is 35.2 Å². The molecule has 0 radical (unpaired) electrons. The highest BCUT2D eigenvalue weighted by molar-refractivity contribution is 6.11. The van der Waals surface area contributed by atoms with Crippen LogP contribution in [0.15, 0.2) is 65.8 Å². The molecule has 170 valence electrons. The number of nitrogens with one attached hydrogen (secondary N) is 1. The maximum Gasteiger partial charge on any atom is 0.243 e. The van der Waals surface area contributed by atoms with Gasteiger partial charge < -0.3 is 10.4 Å². The maximum absolute atomic E-state index is 14.0. The van der Waals surface area contributed by atoms with Gasteiger partial charge in [0.25, 0.3) is 0 Å². The van der Waals surface area contributed by atoms with Crippen molar-refractivity contribution in [2.24, 2.45) is 5.92 Å². The molecule has 3 nitrogen and oxygen atoms in total. The molecule has 0 aromatic heterocycles. The van der Waals surface area contributed by atoms with Crippen molar-refractivity contribution in [2.75, 3.05) is 5.32 Å². The number of aromatic hydroxyl groups is 1. The van der Waals surface area contributed by atoms with Gasteiger partial charge in [-0.15, -0.1) is 0 Å². The van der Waals surface area contributed by atoms with Crippen molar-refractivity contribution < 1.29 is 9.90 Å². The standard InChI is InChI=1S/C30H33NO2/c32-28-17-16-23(21-10-3-4-11-21)19-26(28)30(25-14-5-6-15-27(25)31-29(30)33)24-13-7-12-22(18-24)20-8-1-2-9-20/h5-6,12,14-21,32H,1-4,7-11,13H2,(H,31,33). The Kier molecular flexibility index (Phi) is 5.16. The van der Waals surface area contributed by atoms with Crippen molar-refractivity contribution in [2.45, 2.75) is 75.5 Å². The molecule has 4 aliphatic rings. The van der Waals surface area contributed by atoms with Gasteiger partial charge in [0.05, 0.1) is 0 Å². The van der Waals surface area contributed by atoms with E-state index >= 15 is 0 Å². The SMILES string of the molecule is O=C1Nc2ccccc2C1(C1=CC(C2CCCC2)=CCC1)c1cc(C2CCCC2)ccc1O. The lowest BCUT2D eigenvalue weighted by Crippen LogP contribution is -2.38. The van der Waals surface area contributed by atoms with E-state index in [4.69, 9.17) is 0 Å². The lowest BCUT2D eigenvalue weighted by atomic mass is 9.66. The molecule has 1 aliphatic heterocycles. The van der Waals surface area contributed by atoms with Crippen LogP contribution in [0.5, 0.6) is 5.75 Å². The first-order valence-electron chi connectivity index (χ1n) is 12.8. The molecule has 3 aliphatic carbocycles. The number of phenols is 1. The van der Waals surface area contributed by atoms with Gasteiger partial charge in [-0.05, 0) is 84.8 Å². The second-order valence-corrected chi connectivity index (χ2v) is 10.4. The number of anilines is 1. The van der Waals surface area contributed by atoms with Crippen molar-refractivity contribution in [1.82, 2.24) is 0 Å². The molecule has 1 heterocycles. The van der Waals surface area contributed by atoms with Gasteiger partial charge in [-0.3, -0.25) is 4.79 Å². The Labute approximate surface area is 196 Å². The molecular weight excluding hydrogens is 406 g/mol. The number of fused-ring (bicyclic) bond motifs is 1. The summed E-state index contributed by atoms with van der Waals surface area (Å²) in [5, 5.41) is 14.4. The van der Waals surface area contributed by atoms with Gasteiger partial charge in [0.1, 0.15) is 11.2 Å². The summed E-state index contributed by atoms with van der Waals surface area (Å²) < 4.78 is 0. The molecule has 1 amide bonds. The molecule has 1 unspecified atom stereocenters. The third-order valence-corrected chi connectivity index (χ3v) is 8.61. The molecule has 2 fully saturated rings. The third-order valence-electron chi connectivity index (χ3n) is 8.61. The number of amides is 1. The lowest BCUT2D eigenvalue weighted by Gasteiger charge is -2.34. The van der Waals surface area contributed by atoms with Crippen molar-refractivity contribution >= 4 is 11.6 Å². The highest BCUT2D eigenvalue weighted by Crippen LogP contribution is 2.53. The first-order valence-corrected chi connectivity index (χ1v) is 12.8. The number of carbonyl (C=O) groups excluding carboxylic acids is 1. The molecule has 0 saturated heterocycles. The second kappa shape index (κ2) is 8.20. The molecule has 2 N–H and O–H groups in total. The minimum Gasteiger partial charge on any atom is -0.508 e. The average Bonchev–Trinajstić information content (AvgIpc) is 3.60. The van der Waals surface area contributed by atoms with Crippen LogP contribution in [-0.4, -0.2) is 11.0 Å². The van der Waals surface area contributed by atoms with Crippen LogP contribution < -0.4 is 5.32 Å². The number of rotatable bonds is 4. The molecular formula is C30H33NO2. The molecule has 2 saturated carbocycles. The normalized spacial score (nSPS) is 25.6. The third kappa shape index (κ3) is 3.27. The summed E-state index contributed by atoms with van der Waals surface area (Å²) in [6, 6.07) is 14.1. The van der Waals surface area contributed by atoms with Crippen LogP contribution in [0.25, 0.3) is 0 Å². The zero-order valence-corrected chi connectivity index (χ0v) is 19.3. The first-order chi connectivity index (χ1) is 16.2. The molecule has 3 heteroatoms. The fraction of sp³-hybridized carbons (Fsp3) is 0.433. The average molecular weight is 440 g/mol. The smallest absolute Gasteiger partial charge is 0.243 e. The van der Waals surface area contributed by atoms with E-state index in [0.29, 0.717) is 11.8 Å². The molecule has 0 bridgehead atoms. The van der Waals surface area contributed by atoms with Gasteiger partial charge in [0.2, 0.25) is 5.91 Å². The van der Waals surface area contributed by atoms with E-state index in [-0.39, 0.29) is 11.7 Å². The number of hydrogen-bond donors (Lipinski definition) is 2. The monoisotopic (exact) mass is 439 g/mol. The molecule has 1 atom stereocenters. The van der Waals surface area contributed by atoms with Crippen LogP contribution in [0.4, 0.5) is 5.69 Å². The molecule has 2 aromatic carbocycles. The quantitative estimate of drug-likeness (QED) is 0.532. The number of phenolic OH excluding ortho intramolecular Hbond substituents is 1. The zero-order valence-electron chi connectivity index (χ0n) is 19.3. The molecule has 33 heavy (non-hydrogen) atoms. The number of para-hydroxylation sites is 1. The number of allylic oxidation sites excluding steroid dienone is 3. The van der Waals surface area contributed by atoms with Crippen molar-refractivity contribution in [3.8, 4) is 5.75 Å². The minimum absolute atomic E-state index is 0.0264. The summed E-state index contributed by atoms with van der Waals surface area (Å²) in [7, 11) is 0. The van der Waals surface area contributed by atoms with E-state index in [9.17, 15) is 9.90 Å². The van der Waals surface area contributed by atoms with Gasteiger partial charge in [-0.2, -0.15) is 0 Å². The van der Waals surface area contributed by atoms with Crippen LogP contribution in [0.2, 0.25) is 0 Å². The van der Waals surface area contributed by atoms with E-state index in [1.54, 1.807) is 0 Å². The van der Waals surface area contributed by atoms with Gasteiger partial charge in [0, 0.05) is 11.3 Å². The zero-order chi connectivity index (χ0) is 22.4. The summed E-state index contributed by atoms with van der Waals surface area (Å²) in [6.07, 6.45) is 16.5. The molecule has 6 rings (SSSR count). The van der Waals surface area contributed by atoms with Crippen molar-refractivity contribution in [3.63, 3.8) is 0 Å². The van der Waals surface area contributed by atoms with Crippen molar-refractivity contribution in [1.29, 1.82) is 0 Å². The summed E-state index contributed by atoms with van der Waals surface area (Å²) >= 11 is 0. The fourth-order valence-electron chi connectivity index (χ4n) is 6.95. The Balaban J connectivity index is 1.56. The highest BCUT2D eigenvalue weighted by Gasteiger charge is 2.52. The van der Waals surface area contributed by atoms with E-state index in [1.807, 2.05) is 24.3 Å². The van der Waals surface area contributed by atoms with Crippen LogP contribution in [0.1, 0.15) is 86.8 Å². The van der Waals surface area contributed by atoms with Crippen molar-refractivity contribution in [3.05, 3.63) is 82.5 Å². The summed E-state index contributed by atoms with van der Waals surface area (Å²) in [5.41, 5.74) is 5.44.